The van der Waals surface area contributed by atoms with Gasteiger partial charge in [0.05, 0.1) is 25.2 Å². The van der Waals surface area contributed by atoms with Crippen LogP contribution in [0.15, 0.2) is 42.0 Å². The molecule has 0 aliphatic heterocycles. The lowest BCUT2D eigenvalue weighted by molar-refractivity contribution is 0.239. The molecule has 19 heavy (non-hydrogen) atoms. The first-order chi connectivity index (χ1) is 9.19. The van der Waals surface area contributed by atoms with E-state index < -0.39 is 0 Å². The Balaban J connectivity index is 2.31. The number of hydrogen-bond acceptors (Lipinski definition) is 4. The zero-order chi connectivity index (χ0) is 13.7. The maximum absolute atomic E-state index is 5.82. The van der Waals surface area contributed by atoms with Crippen LogP contribution in [0.4, 0.5) is 0 Å². The second kappa shape index (κ2) is 6.04. The van der Waals surface area contributed by atoms with Crippen molar-refractivity contribution in [3.05, 3.63) is 48.0 Å². The molecular formula is C14H18N4O. The molecule has 0 unspecified atom stereocenters. The second-order valence-electron chi connectivity index (χ2n) is 4.55. The van der Waals surface area contributed by atoms with E-state index in [1.807, 2.05) is 42.8 Å². The molecule has 0 aliphatic rings. The van der Waals surface area contributed by atoms with Gasteiger partial charge in [0.25, 0.3) is 0 Å². The standard InChI is InChI=1S/C14H18N4O/c1-11(2)19-14-4-3-12(8-17-15)7-13(14)9-18-6-5-16-10-18/h3-8,10-11H,9,15H2,1-2H3. The molecule has 0 saturated carbocycles. The Morgan fingerprint density at radius 1 is 1.47 bits per heavy atom. The van der Waals surface area contributed by atoms with E-state index in [0.29, 0.717) is 6.54 Å². The number of imidazole rings is 1. The van der Waals surface area contributed by atoms with E-state index in [-0.39, 0.29) is 6.10 Å². The van der Waals surface area contributed by atoms with Crippen LogP contribution in [-0.2, 0) is 6.54 Å². The normalized spacial score (nSPS) is 11.3. The number of nitrogens with zero attached hydrogens (tertiary/aromatic N) is 3. The Hall–Kier alpha value is -2.30. The lowest BCUT2D eigenvalue weighted by Crippen LogP contribution is -2.09. The molecule has 0 aliphatic carbocycles. The van der Waals surface area contributed by atoms with E-state index >= 15 is 0 Å². The van der Waals surface area contributed by atoms with Crippen molar-refractivity contribution in [2.45, 2.75) is 26.5 Å². The third-order valence-corrected chi connectivity index (χ3v) is 2.58. The molecule has 1 aromatic heterocycles. The Kier molecular flexibility index (Phi) is 4.18. The molecule has 5 heteroatoms. The lowest BCUT2D eigenvalue weighted by atomic mass is 10.1. The van der Waals surface area contributed by atoms with E-state index in [0.717, 1.165) is 16.9 Å². The number of hydrazone groups is 1. The third-order valence-electron chi connectivity index (χ3n) is 2.58. The van der Waals surface area contributed by atoms with Crippen LogP contribution in [0.25, 0.3) is 0 Å². The minimum atomic E-state index is 0.135. The van der Waals surface area contributed by atoms with E-state index in [4.69, 9.17) is 10.6 Å². The first-order valence-electron chi connectivity index (χ1n) is 6.17. The number of aromatic nitrogens is 2. The number of ether oxygens (including phenoxy) is 1. The van der Waals surface area contributed by atoms with Crippen molar-refractivity contribution in [3.63, 3.8) is 0 Å². The minimum absolute atomic E-state index is 0.135. The summed E-state index contributed by atoms with van der Waals surface area (Å²) in [5, 5.41) is 3.55. The van der Waals surface area contributed by atoms with Gasteiger partial charge in [0.15, 0.2) is 0 Å². The van der Waals surface area contributed by atoms with Gasteiger partial charge in [-0.1, -0.05) is 0 Å². The van der Waals surface area contributed by atoms with E-state index in [1.165, 1.54) is 0 Å². The SMILES string of the molecule is CC(C)Oc1ccc(C=NN)cc1Cn1ccnc1. The quantitative estimate of drug-likeness (QED) is 0.507. The summed E-state index contributed by atoms with van der Waals surface area (Å²) in [5.41, 5.74) is 2.03. The highest BCUT2D eigenvalue weighted by Gasteiger charge is 2.07. The fourth-order valence-electron chi connectivity index (χ4n) is 1.84. The van der Waals surface area contributed by atoms with Crippen LogP contribution < -0.4 is 10.6 Å². The summed E-state index contributed by atoms with van der Waals surface area (Å²) in [6.45, 7) is 4.72. The first kappa shape index (κ1) is 13.1. The van der Waals surface area contributed by atoms with Crippen molar-refractivity contribution in [3.8, 4) is 5.75 Å². The van der Waals surface area contributed by atoms with Crippen LogP contribution in [0.3, 0.4) is 0 Å². The third kappa shape index (κ3) is 3.58. The van der Waals surface area contributed by atoms with Crippen LogP contribution in [0.2, 0.25) is 0 Å². The largest absolute Gasteiger partial charge is 0.491 e. The summed E-state index contributed by atoms with van der Waals surface area (Å²) in [6, 6.07) is 5.91. The maximum Gasteiger partial charge on any atom is 0.124 e. The molecule has 100 valence electrons. The Labute approximate surface area is 112 Å². The monoisotopic (exact) mass is 258 g/mol. The highest BCUT2D eigenvalue weighted by molar-refractivity contribution is 5.80. The molecule has 5 nitrogen and oxygen atoms in total. The summed E-state index contributed by atoms with van der Waals surface area (Å²) in [7, 11) is 0. The van der Waals surface area contributed by atoms with E-state index in [2.05, 4.69) is 10.1 Å². The average Bonchev–Trinajstić information content (AvgIpc) is 2.85. The number of nitrogens with two attached hydrogens (primary N) is 1. The summed E-state index contributed by atoms with van der Waals surface area (Å²) in [5.74, 6) is 6.06. The molecule has 0 bridgehead atoms. The van der Waals surface area contributed by atoms with Crippen LogP contribution in [0.5, 0.6) is 5.75 Å². The molecule has 0 spiro atoms. The van der Waals surface area contributed by atoms with Gasteiger partial charge in [0.1, 0.15) is 5.75 Å². The minimum Gasteiger partial charge on any atom is -0.491 e. The van der Waals surface area contributed by atoms with Gasteiger partial charge in [0, 0.05) is 18.0 Å². The average molecular weight is 258 g/mol. The molecule has 1 heterocycles. The van der Waals surface area contributed by atoms with Crippen molar-refractivity contribution >= 4 is 6.21 Å². The molecule has 0 atom stereocenters. The van der Waals surface area contributed by atoms with Gasteiger partial charge < -0.3 is 15.1 Å². The second-order valence-corrected chi connectivity index (χ2v) is 4.55. The van der Waals surface area contributed by atoms with Crippen molar-refractivity contribution < 1.29 is 4.74 Å². The molecule has 2 aromatic rings. The summed E-state index contributed by atoms with van der Waals surface area (Å²) >= 11 is 0. The highest BCUT2D eigenvalue weighted by atomic mass is 16.5. The molecule has 0 saturated heterocycles. The van der Waals surface area contributed by atoms with Crippen molar-refractivity contribution in [2.24, 2.45) is 10.9 Å². The number of hydrogen-bond donors (Lipinski definition) is 1. The Morgan fingerprint density at radius 2 is 2.32 bits per heavy atom. The Morgan fingerprint density at radius 3 is 2.95 bits per heavy atom. The maximum atomic E-state index is 5.82. The van der Waals surface area contributed by atoms with Gasteiger partial charge in [0.2, 0.25) is 0 Å². The molecular weight excluding hydrogens is 240 g/mol. The summed E-state index contributed by atoms with van der Waals surface area (Å²) in [4.78, 5) is 4.04. The summed E-state index contributed by atoms with van der Waals surface area (Å²) in [6.07, 6.45) is 7.21. The summed E-state index contributed by atoms with van der Waals surface area (Å²) < 4.78 is 7.81. The van der Waals surface area contributed by atoms with Gasteiger partial charge in [-0.3, -0.25) is 0 Å². The smallest absolute Gasteiger partial charge is 0.124 e. The number of benzene rings is 1. The van der Waals surface area contributed by atoms with Gasteiger partial charge in [-0.05, 0) is 37.6 Å². The van der Waals surface area contributed by atoms with E-state index in [1.54, 1.807) is 18.7 Å². The van der Waals surface area contributed by atoms with Gasteiger partial charge in [-0.2, -0.15) is 5.10 Å². The van der Waals surface area contributed by atoms with Gasteiger partial charge in [-0.25, -0.2) is 4.98 Å². The van der Waals surface area contributed by atoms with Crippen molar-refractivity contribution in [1.82, 2.24) is 9.55 Å². The van der Waals surface area contributed by atoms with Crippen LogP contribution in [0, 0.1) is 0 Å². The highest BCUT2D eigenvalue weighted by Crippen LogP contribution is 2.22. The lowest BCUT2D eigenvalue weighted by Gasteiger charge is -2.15. The fraction of sp³-hybridized carbons (Fsp3) is 0.286. The van der Waals surface area contributed by atoms with Gasteiger partial charge in [-0.15, -0.1) is 0 Å². The molecule has 2 N–H and O–H groups in total. The zero-order valence-corrected chi connectivity index (χ0v) is 11.2. The van der Waals surface area contributed by atoms with E-state index in [9.17, 15) is 0 Å². The zero-order valence-electron chi connectivity index (χ0n) is 11.2. The first-order valence-corrected chi connectivity index (χ1v) is 6.17. The van der Waals surface area contributed by atoms with Crippen LogP contribution in [0.1, 0.15) is 25.0 Å². The van der Waals surface area contributed by atoms with Crippen molar-refractivity contribution in [2.75, 3.05) is 0 Å². The Bertz CT molecular complexity index is 547. The van der Waals surface area contributed by atoms with Crippen LogP contribution in [-0.4, -0.2) is 21.9 Å². The molecule has 0 radical (unpaired) electrons. The predicted octanol–water partition coefficient (Wildman–Crippen LogP) is 2.01. The van der Waals surface area contributed by atoms with Crippen LogP contribution >= 0.6 is 0 Å². The fourth-order valence-corrected chi connectivity index (χ4v) is 1.84. The predicted molar refractivity (Wildman–Crippen MR) is 75.3 cm³/mol. The molecule has 0 fully saturated rings. The van der Waals surface area contributed by atoms with Gasteiger partial charge >= 0.3 is 0 Å². The topological polar surface area (TPSA) is 65.4 Å². The number of rotatable bonds is 5. The molecule has 2 rings (SSSR count). The molecule has 1 aromatic carbocycles. The molecule has 0 amide bonds. The van der Waals surface area contributed by atoms with Crippen molar-refractivity contribution in [1.29, 1.82) is 0 Å².